The summed E-state index contributed by atoms with van der Waals surface area (Å²) in [5.41, 5.74) is 7.59. The van der Waals surface area contributed by atoms with E-state index < -0.39 is 0 Å². The lowest BCUT2D eigenvalue weighted by atomic mass is 10.2. The van der Waals surface area contributed by atoms with Crippen molar-refractivity contribution >= 4 is 16.6 Å². The van der Waals surface area contributed by atoms with Gasteiger partial charge in [-0.1, -0.05) is 18.2 Å². The van der Waals surface area contributed by atoms with Crippen LogP contribution in [0.3, 0.4) is 0 Å². The van der Waals surface area contributed by atoms with Crippen LogP contribution in [0.15, 0.2) is 37.1 Å². The molecule has 1 heterocycles. The Morgan fingerprint density at radius 1 is 1.54 bits per heavy atom. The lowest BCUT2D eigenvalue weighted by molar-refractivity contribution is 0.730. The second kappa shape index (κ2) is 2.94. The maximum absolute atomic E-state index is 5.84. The highest BCUT2D eigenvalue weighted by atomic mass is 15.3. The summed E-state index contributed by atoms with van der Waals surface area (Å²) in [6, 6.07) is 5.81. The lowest BCUT2D eigenvalue weighted by Crippen LogP contribution is -1.99. The molecule has 1 aromatic heterocycles. The number of nitrogen functional groups attached to an aromatic ring is 1. The quantitative estimate of drug-likeness (QED) is 0.556. The molecule has 0 atom stereocenters. The Hall–Kier alpha value is -1.77. The fraction of sp³-hybridized carbons (Fsp3) is 0.100. The summed E-state index contributed by atoms with van der Waals surface area (Å²) in [5, 5.41) is 5.28. The van der Waals surface area contributed by atoms with E-state index in [-0.39, 0.29) is 0 Å². The smallest absolute Gasteiger partial charge is 0.0915 e. The van der Waals surface area contributed by atoms with E-state index in [1.165, 1.54) is 0 Å². The number of aromatic nitrogens is 2. The van der Waals surface area contributed by atoms with Gasteiger partial charge in [0.25, 0.3) is 0 Å². The van der Waals surface area contributed by atoms with Crippen LogP contribution in [0.4, 0.5) is 5.69 Å². The number of fused-ring (bicyclic) bond motifs is 1. The third kappa shape index (κ3) is 1.18. The van der Waals surface area contributed by atoms with E-state index in [0.717, 1.165) is 16.6 Å². The van der Waals surface area contributed by atoms with Crippen molar-refractivity contribution in [2.24, 2.45) is 0 Å². The second-order valence-corrected chi connectivity index (χ2v) is 2.90. The highest BCUT2D eigenvalue weighted by molar-refractivity contribution is 5.89. The fourth-order valence-corrected chi connectivity index (χ4v) is 1.43. The van der Waals surface area contributed by atoms with Gasteiger partial charge in [0, 0.05) is 5.39 Å². The maximum Gasteiger partial charge on any atom is 0.0915 e. The van der Waals surface area contributed by atoms with Crippen LogP contribution in [0.5, 0.6) is 0 Å². The highest BCUT2D eigenvalue weighted by Gasteiger charge is 2.03. The van der Waals surface area contributed by atoms with Crippen molar-refractivity contribution in [2.75, 3.05) is 5.73 Å². The maximum atomic E-state index is 5.84. The molecule has 2 aromatic rings. The van der Waals surface area contributed by atoms with Gasteiger partial charge in [0.1, 0.15) is 0 Å². The van der Waals surface area contributed by atoms with Gasteiger partial charge < -0.3 is 5.73 Å². The first-order chi connectivity index (χ1) is 6.33. The minimum atomic E-state index is 0.692. The molecule has 2 rings (SSSR count). The Bertz CT molecular complexity index is 442. The van der Waals surface area contributed by atoms with E-state index in [2.05, 4.69) is 11.7 Å². The molecule has 0 aliphatic carbocycles. The molecule has 0 saturated heterocycles. The van der Waals surface area contributed by atoms with Gasteiger partial charge in [0.2, 0.25) is 0 Å². The van der Waals surface area contributed by atoms with E-state index in [1.807, 2.05) is 29.1 Å². The molecule has 2 N–H and O–H groups in total. The van der Waals surface area contributed by atoms with E-state index in [0.29, 0.717) is 6.54 Å². The molecule has 13 heavy (non-hydrogen) atoms. The molecular formula is C10H11N3. The number of hydrogen-bond donors (Lipinski definition) is 1. The summed E-state index contributed by atoms with van der Waals surface area (Å²) in [7, 11) is 0. The summed E-state index contributed by atoms with van der Waals surface area (Å²) in [4.78, 5) is 0. The molecular weight excluding hydrogens is 162 g/mol. The number of benzene rings is 1. The number of anilines is 1. The molecule has 0 spiro atoms. The first kappa shape index (κ1) is 7.86. The first-order valence-electron chi connectivity index (χ1n) is 4.14. The average Bonchev–Trinajstić information content (AvgIpc) is 2.51. The van der Waals surface area contributed by atoms with E-state index in [9.17, 15) is 0 Å². The fourth-order valence-electron chi connectivity index (χ4n) is 1.43. The molecule has 0 fully saturated rings. The number of para-hydroxylation sites is 1. The molecule has 1 aromatic carbocycles. The summed E-state index contributed by atoms with van der Waals surface area (Å²) < 4.78 is 1.84. The lowest BCUT2D eigenvalue weighted by Gasteiger charge is -2.01. The standard InChI is InChI=1S/C10H11N3/c1-2-6-13-10-8(7-12-13)4-3-5-9(10)11/h2-5,7H,1,6,11H2. The summed E-state index contributed by atoms with van der Waals surface area (Å²) in [6.45, 7) is 4.36. The molecule has 0 amide bonds. The van der Waals surface area contributed by atoms with Crippen LogP contribution < -0.4 is 5.73 Å². The topological polar surface area (TPSA) is 43.8 Å². The van der Waals surface area contributed by atoms with Gasteiger partial charge in [0.15, 0.2) is 0 Å². The van der Waals surface area contributed by atoms with Crippen molar-refractivity contribution < 1.29 is 0 Å². The van der Waals surface area contributed by atoms with Crippen molar-refractivity contribution in [1.29, 1.82) is 0 Å². The van der Waals surface area contributed by atoms with Gasteiger partial charge in [0.05, 0.1) is 23.9 Å². The number of allylic oxidation sites excluding steroid dienone is 1. The summed E-state index contributed by atoms with van der Waals surface area (Å²) in [5.74, 6) is 0. The van der Waals surface area contributed by atoms with Gasteiger partial charge in [-0.3, -0.25) is 4.68 Å². The summed E-state index contributed by atoms with van der Waals surface area (Å²) >= 11 is 0. The molecule has 3 nitrogen and oxygen atoms in total. The van der Waals surface area contributed by atoms with E-state index in [1.54, 1.807) is 6.08 Å². The normalized spacial score (nSPS) is 10.5. The van der Waals surface area contributed by atoms with Crippen molar-refractivity contribution in [3.63, 3.8) is 0 Å². The molecule has 0 aliphatic heterocycles. The second-order valence-electron chi connectivity index (χ2n) is 2.90. The Kier molecular flexibility index (Phi) is 1.77. The third-order valence-electron chi connectivity index (χ3n) is 1.99. The Labute approximate surface area is 76.5 Å². The monoisotopic (exact) mass is 173 g/mol. The average molecular weight is 173 g/mol. The van der Waals surface area contributed by atoms with Crippen LogP contribution in [0, 0.1) is 0 Å². The summed E-state index contributed by atoms with van der Waals surface area (Å²) in [6.07, 6.45) is 3.62. The molecule has 0 aliphatic rings. The van der Waals surface area contributed by atoms with Gasteiger partial charge in [-0.25, -0.2) is 0 Å². The largest absolute Gasteiger partial charge is 0.397 e. The number of hydrogen-bond acceptors (Lipinski definition) is 2. The van der Waals surface area contributed by atoms with Crippen molar-refractivity contribution in [2.45, 2.75) is 6.54 Å². The van der Waals surface area contributed by atoms with Crippen LogP contribution in [-0.4, -0.2) is 9.78 Å². The predicted octanol–water partition coefficient (Wildman–Crippen LogP) is 1.80. The van der Waals surface area contributed by atoms with Crippen molar-refractivity contribution in [1.82, 2.24) is 9.78 Å². The minimum absolute atomic E-state index is 0.692. The van der Waals surface area contributed by atoms with E-state index in [4.69, 9.17) is 5.73 Å². The Morgan fingerprint density at radius 2 is 2.38 bits per heavy atom. The molecule has 0 bridgehead atoms. The van der Waals surface area contributed by atoms with Gasteiger partial charge in [-0.2, -0.15) is 5.10 Å². The molecule has 3 heteroatoms. The Morgan fingerprint density at radius 3 is 3.15 bits per heavy atom. The van der Waals surface area contributed by atoms with Crippen molar-refractivity contribution in [3.05, 3.63) is 37.1 Å². The number of rotatable bonds is 2. The zero-order valence-electron chi connectivity index (χ0n) is 7.27. The first-order valence-corrected chi connectivity index (χ1v) is 4.14. The van der Waals surface area contributed by atoms with Crippen LogP contribution in [-0.2, 0) is 6.54 Å². The van der Waals surface area contributed by atoms with Gasteiger partial charge in [-0.15, -0.1) is 6.58 Å². The molecule has 66 valence electrons. The SMILES string of the molecule is C=CCn1ncc2cccc(N)c21. The number of nitrogens with zero attached hydrogens (tertiary/aromatic N) is 2. The minimum Gasteiger partial charge on any atom is -0.397 e. The van der Waals surface area contributed by atoms with Crippen LogP contribution in [0.25, 0.3) is 10.9 Å². The number of nitrogens with two attached hydrogens (primary N) is 1. The van der Waals surface area contributed by atoms with Crippen LogP contribution >= 0.6 is 0 Å². The van der Waals surface area contributed by atoms with Crippen molar-refractivity contribution in [3.8, 4) is 0 Å². The van der Waals surface area contributed by atoms with Crippen LogP contribution in [0.2, 0.25) is 0 Å². The zero-order valence-corrected chi connectivity index (χ0v) is 7.27. The molecule has 0 unspecified atom stereocenters. The Balaban J connectivity index is 2.70. The van der Waals surface area contributed by atoms with Gasteiger partial charge in [-0.05, 0) is 6.07 Å². The van der Waals surface area contributed by atoms with Gasteiger partial charge >= 0.3 is 0 Å². The van der Waals surface area contributed by atoms with E-state index >= 15 is 0 Å². The highest BCUT2D eigenvalue weighted by Crippen LogP contribution is 2.19. The zero-order chi connectivity index (χ0) is 9.26. The van der Waals surface area contributed by atoms with Crippen LogP contribution in [0.1, 0.15) is 0 Å². The molecule has 0 saturated carbocycles. The molecule has 0 radical (unpaired) electrons. The third-order valence-corrected chi connectivity index (χ3v) is 1.99. The predicted molar refractivity (Wildman–Crippen MR) is 54.3 cm³/mol.